The normalized spacial score (nSPS) is 10.9. The molecule has 0 aliphatic rings. The monoisotopic (exact) mass is 399 g/mol. The van der Waals surface area contributed by atoms with Gasteiger partial charge in [-0.3, -0.25) is 9.59 Å². The summed E-state index contributed by atoms with van der Waals surface area (Å²) in [6.07, 6.45) is 6.85. The van der Waals surface area contributed by atoms with Crippen LogP contribution >= 0.6 is 11.3 Å². The van der Waals surface area contributed by atoms with E-state index >= 15 is 0 Å². The summed E-state index contributed by atoms with van der Waals surface area (Å²) in [6.45, 7) is 0.209. The molecule has 0 saturated heterocycles. The Bertz CT molecular complexity index is 950. The average molecular weight is 399 g/mol. The van der Waals surface area contributed by atoms with Crippen LogP contribution in [0.15, 0.2) is 59.4 Å². The van der Waals surface area contributed by atoms with E-state index in [2.05, 4.69) is 15.6 Å². The number of rotatable bonds is 8. The van der Waals surface area contributed by atoms with E-state index in [0.717, 1.165) is 10.4 Å². The number of benzene rings is 1. The number of furan rings is 1. The highest BCUT2D eigenvalue weighted by Crippen LogP contribution is 2.21. The van der Waals surface area contributed by atoms with E-state index in [1.807, 2.05) is 0 Å². The number of thiazole rings is 1. The van der Waals surface area contributed by atoms with Crippen molar-refractivity contribution in [2.24, 2.45) is 0 Å². The smallest absolute Gasteiger partial charge is 0.244 e. The molecule has 0 spiro atoms. The molecule has 0 aliphatic heterocycles. The van der Waals surface area contributed by atoms with Crippen LogP contribution in [0.2, 0.25) is 0 Å². The maximum atomic E-state index is 12.9. The van der Waals surface area contributed by atoms with E-state index in [1.165, 1.54) is 35.8 Å². The predicted octanol–water partition coefficient (Wildman–Crippen LogP) is 3.62. The van der Waals surface area contributed by atoms with Crippen LogP contribution in [0.25, 0.3) is 6.08 Å². The highest BCUT2D eigenvalue weighted by Gasteiger charge is 2.08. The molecule has 0 fully saturated rings. The van der Waals surface area contributed by atoms with Crippen LogP contribution in [0.1, 0.15) is 22.6 Å². The van der Waals surface area contributed by atoms with Crippen LogP contribution in [0.5, 0.6) is 0 Å². The summed E-state index contributed by atoms with van der Waals surface area (Å²) in [4.78, 5) is 28.8. The number of hydrogen-bond donors (Lipinski definition) is 2. The number of amides is 2. The second-order valence-electron chi connectivity index (χ2n) is 5.87. The summed E-state index contributed by atoms with van der Waals surface area (Å²) in [5.74, 6) is -0.240. The van der Waals surface area contributed by atoms with Crippen LogP contribution in [0, 0.1) is 5.82 Å². The molecule has 1 aromatic carbocycles. The van der Waals surface area contributed by atoms with Crippen molar-refractivity contribution in [1.82, 2.24) is 10.3 Å². The van der Waals surface area contributed by atoms with Gasteiger partial charge in [0.2, 0.25) is 11.8 Å². The van der Waals surface area contributed by atoms with E-state index in [1.54, 1.807) is 36.5 Å². The fraction of sp³-hybridized carbons (Fsp3) is 0.150. The highest BCUT2D eigenvalue weighted by molar-refractivity contribution is 7.15. The van der Waals surface area contributed by atoms with Gasteiger partial charge in [-0.15, -0.1) is 11.3 Å². The van der Waals surface area contributed by atoms with Crippen molar-refractivity contribution in [3.05, 3.63) is 77.0 Å². The first-order valence-electron chi connectivity index (χ1n) is 8.57. The molecule has 2 N–H and O–H groups in total. The van der Waals surface area contributed by atoms with Gasteiger partial charge in [0.05, 0.1) is 6.26 Å². The Labute approximate surface area is 165 Å². The predicted molar refractivity (Wildman–Crippen MR) is 105 cm³/mol. The van der Waals surface area contributed by atoms with Crippen molar-refractivity contribution in [3.63, 3.8) is 0 Å². The molecular formula is C20H18FN3O3S. The summed E-state index contributed by atoms with van der Waals surface area (Å²) in [5, 5.41) is 5.83. The lowest BCUT2D eigenvalue weighted by Gasteiger charge is -2.02. The Hall–Kier alpha value is -3.26. The lowest BCUT2D eigenvalue weighted by Crippen LogP contribution is -2.26. The first kappa shape index (κ1) is 19.5. The number of carbonyl (C=O) groups is 2. The third kappa shape index (κ3) is 6.17. The molecule has 144 valence electrons. The Morgan fingerprint density at radius 2 is 2.04 bits per heavy atom. The average Bonchev–Trinajstić information content (AvgIpc) is 3.34. The molecule has 2 aromatic heterocycles. The molecule has 28 heavy (non-hydrogen) atoms. The number of halogens is 1. The number of nitrogens with zero attached hydrogens (tertiary/aromatic N) is 1. The van der Waals surface area contributed by atoms with Crippen molar-refractivity contribution in [3.8, 4) is 0 Å². The van der Waals surface area contributed by atoms with Crippen LogP contribution in [0.4, 0.5) is 9.52 Å². The van der Waals surface area contributed by atoms with Crippen molar-refractivity contribution < 1.29 is 18.4 Å². The first-order valence-corrected chi connectivity index (χ1v) is 9.38. The molecule has 0 unspecified atom stereocenters. The third-order valence-electron chi connectivity index (χ3n) is 3.68. The van der Waals surface area contributed by atoms with Crippen LogP contribution < -0.4 is 10.6 Å². The van der Waals surface area contributed by atoms with Gasteiger partial charge in [-0.1, -0.05) is 12.1 Å². The Balaban J connectivity index is 1.39. The molecule has 6 nitrogen and oxygen atoms in total. The van der Waals surface area contributed by atoms with Gasteiger partial charge in [-0.25, -0.2) is 9.37 Å². The first-order chi connectivity index (χ1) is 13.6. The second-order valence-corrected chi connectivity index (χ2v) is 6.99. The summed E-state index contributed by atoms with van der Waals surface area (Å²) in [5.41, 5.74) is 0.966. The topological polar surface area (TPSA) is 84.2 Å². The molecule has 3 aromatic rings. The van der Waals surface area contributed by atoms with Crippen LogP contribution in [-0.4, -0.2) is 23.3 Å². The molecular weight excluding hydrogens is 381 g/mol. The fourth-order valence-electron chi connectivity index (χ4n) is 2.33. The molecule has 2 amide bonds. The van der Waals surface area contributed by atoms with Crippen molar-refractivity contribution in [1.29, 1.82) is 0 Å². The van der Waals surface area contributed by atoms with E-state index in [4.69, 9.17) is 4.42 Å². The van der Waals surface area contributed by atoms with E-state index in [9.17, 15) is 14.0 Å². The van der Waals surface area contributed by atoms with Gasteiger partial charge in [0.15, 0.2) is 5.13 Å². The fourth-order valence-corrected chi connectivity index (χ4v) is 3.20. The van der Waals surface area contributed by atoms with Crippen molar-refractivity contribution in [2.45, 2.75) is 12.8 Å². The number of carbonyl (C=O) groups excluding carboxylic acids is 2. The Kier molecular flexibility index (Phi) is 6.69. The Morgan fingerprint density at radius 1 is 1.21 bits per heavy atom. The van der Waals surface area contributed by atoms with Gasteiger partial charge in [-0.2, -0.15) is 0 Å². The third-order valence-corrected chi connectivity index (χ3v) is 4.60. The summed E-state index contributed by atoms with van der Waals surface area (Å²) < 4.78 is 18.0. The minimum absolute atomic E-state index is 0.132. The van der Waals surface area contributed by atoms with Gasteiger partial charge in [0.1, 0.15) is 11.6 Å². The zero-order valence-electron chi connectivity index (χ0n) is 14.9. The zero-order valence-corrected chi connectivity index (χ0v) is 15.7. The van der Waals surface area contributed by atoms with Crippen molar-refractivity contribution >= 4 is 34.4 Å². The number of aromatic nitrogens is 1. The number of anilines is 1. The summed E-state index contributed by atoms with van der Waals surface area (Å²) in [6, 6.07) is 9.72. The van der Waals surface area contributed by atoms with Gasteiger partial charge >= 0.3 is 0 Å². The molecule has 0 bridgehead atoms. The molecule has 0 saturated carbocycles. The lowest BCUT2D eigenvalue weighted by atomic mass is 10.1. The van der Waals surface area contributed by atoms with E-state index in [-0.39, 0.29) is 30.6 Å². The molecule has 3 rings (SSSR count). The van der Waals surface area contributed by atoms with E-state index in [0.29, 0.717) is 17.3 Å². The zero-order chi connectivity index (χ0) is 19.8. The van der Waals surface area contributed by atoms with Gasteiger partial charge in [0, 0.05) is 36.5 Å². The largest absolute Gasteiger partial charge is 0.465 e. The van der Waals surface area contributed by atoms with Crippen LogP contribution in [-0.2, 0) is 16.0 Å². The van der Waals surface area contributed by atoms with Gasteiger partial charge < -0.3 is 15.1 Å². The number of nitrogens with one attached hydrogen (secondary N) is 2. The van der Waals surface area contributed by atoms with Gasteiger partial charge in [0.25, 0.3) is 0 Å². The maximum absolute atomic E-state index is 12.9. The summed E-state index contributed by atoms with van der Waals surface area (Å²) >= 11 is 1.36. The van der Waals surface area contributed by atoms with Crippen LogP contribution in [0.3, 0.4) is 0 Å². The minimum Gasteiger partial charge on any atom is -0.465 e. The molecule has 0 atom stereocenters. The number of hydrogen-bond acceptors (Lipinski definition) is 5. The molecule has 0 radical (unpaired) electrons. The maximum Gasteiger partial charge on any atom is 0.244 e. The van der Waals surface area contributed by atoms with Gasteiger partial charge in [-0.05, 0) is 35.9 Å². The van der Waals surface area contributed by atoms with E-state index < -0.39 is 0 Å². The standard InChI is InChI=1S/C20H18FN3O3S/c21-15-5-3-14(4-6-15)12-17-13-23-20(28-17)24-19(26)9-10-22-18(25)8-7-16-2-1-11-27-16/h1-8,11,13H,9-10,12H2,(H,22,25)(H,23,24,26)/b8-7+. The molecule has 0 aliphatic carbocycles. The second kappa shape index (κ2) is 9.61. The lowest BCUT2D eigenvalue weighted by molar-refractivity contribution is -0.117. The highest BCUT2D eigenvalue weighted by atomic mass is 32.1. The quantitative estimate of drug-likeness (QED) is 0.567. The Morgan fingerprint density at radius 3 is 2.79 bits per heavy atom. The SMILES string of the molecule is O=C(/C=C/c1ccco1)NCCC(=O)Nc1ncc(Cc2ccc(F)cc2)s1. The summed E-state index contributed by atoms with van der Waals surface area (Å²) in [7, 11) is 0. The van der Waals surface area contributed by atoms with Crippen molar-refractivity contribution in [2.75, 3.05) is 11.9 Å². The molecule has 2 heterocycles. The molecule has 8 heteroatoms. The minimum atomic E-state index is -0.306.